The van der Waals surface area contributed by atoms with Gasteiger partial charge in [-0.1, -0.05) is 25.6 Å². The third kappa shape index (κ3) is 3.96. The second kappa shape index (κ2) is 4.28. The van der Waals surface area contributed by atoms with Crippen molar-refractivity contribution in [3.8, 4) is 11.5 Å². The number of nitrogens with two attached hydrogens (primary N) is 1. The van der Waals surface area contributed by atoms with Crippen LogP contribution in [-0.4, -0.2) is 19.0 Å². The van der Waals surface area contributed by atoms with Crippen molar-refractivity contribution in [3.05, 3.63) is 29.6 Å². The number of carbonyl (C=O) groups is 1. The highest BCUT2D eigenvalue weighted by atomic mass is 28.3. The number of rotatable bonds is 1. The van der Waals surface area contributed by atoms with Crippen LogP contribution in [0.2, 0.25) is 19.6 Å². The van der Waals surface area contributed by atoms with Crippen LogP contribution in [0.1, 0.15) is 15.9 Å². The molecule has 1 aromatic rings. The molecule has 0 aliphatic rings. The molecular weight excluding hydrogens is 204 g/mol. The first-order valence-corrected chi connectivity index (χ1v) is 8.16. The number of primary amides is 1. The second-order valence-corrected chi connectivity index (χ2v) is 9.08. The molecule has 0 saturated heterocycles. The first kappa shape index (κ1) is 11.5. The molecule has 0 aromatic carbocycles. The van der Waals surface area contributed by atoms with E-state index in [1.165, 1.54) is 6.20 Å². The van der Waals surface area contributed by atoms with Gasteiger partial charge in [0.25, 0.3) is 0 Å². The van der Waals surface area contributed by atoms with Crippen molar-refractivity contribution >= 4 is 14.0 Å². The molecule has 1 rings (SSSR count). The number of hydrogen-bond donors (Lipinski definition) is 1. The molecule has 0 aliphatic heterocycles. The fourth-order valence-corrected chi connectivity index (χ4v) is 1.42. The molecule has 3 nitrogen and oxygen atoms in total. The molecule has 0 spiro atoms. The van der Waals surface area contributed by atoms with Crippen molar-refractivity contribution in [2.75, 3.05) is 0 Å². The van der Waals surface area contributed by atoms with Gasteiger partial charge < -0.3 is 5.73 Å². The Bertz CT molecular complexity index is 438. The van der Waals surface area contributed by atoms with E-state index in [1.807, 2.05) is 0 Å². The summed E-state index contributed by atoms with van der Waals surface area (Å²) < 4.78 is 0. The van der Waals surface area contributed by atoms with E-state index in [-0.39, 0.29) is 0 Å². The average molecular weight is 218 g/mol. The maximum atomic E-state index is 10.9. The van der Waals surface area contributed by atoms with Crippen molar-refractivity contribution in [3.63, 3.8) is 0 Å². The maximum absolute atomic E-state index is 10.9. The summed E-state index contributed by atoms with van der Waals surface area (Å²) in [5.41, 5.74) is 9.49. The first-order valence-electron chi connectivity index (χ1n) is 4.66. The molecule has 1 heterocycles. The van der Waals surface area contributed by atoms with E-state index in [1.54, 1.807) is 12.3 Å². The fraction of sp³-hybridized carbons (Fsp3) is 0.273. The van der Waals surface area contributed by atoms with E-state index in [4.69, 9.17) is 5.73 Å². The number of pyridine rings is 1. The molecule has 15 heavy (non-hydrogen) atoms. The van der Waals surface area contributed by atoms with E-state index >= 15 is 0 Å². The maximum Gasteiger partial charge on any atom is 0.250 e. The minimum atomic E-state index is -1.39. The average Bonchev–Trinajstić information content (AvgIpc) is 2.14. The number of aromatic nitrogens is 1. The molecule has 4 heteroatoms. The predicted molar refractivity (Wildman–Crippen MR) is 63.0 cm³/mol. The summed E-state index contributed by atoms with van der Waals surface area (Å²) in [6.07, 6.45) is 3.08. The third-order valence-electron chi connectivity index (χ3n) is 1.60. The van der Waals surface area contributed by atoms with Gasteiger partial charge in [0.1, 0.15) is 8.07 Å². The topological polar surface area (TPSA) is 56.0 Å². The van der Waals surface area contributed by atoms with Gasteiger partial charge in [-0.3, -0.25) is 9.78 Å². The van der Waals surface area contributed by atoms with E-state index in [0.29, 0.717) is 5.56 Å². The quantitative estimate of drug-likeness (QED) is 0.572. The second-order valence-electron chi connectivity index (χ2n) is 4.33. The Kier molecular flexibility index (Phi) is 3.27. The SMILES string of the molecule is C[Si](C)(C)C#Cc1cncc(C(N)=O)c1. The molecule has 0 saturated carbocycles. The molecule has 0 fully saturated rings. The monoisotopic (exact) mass is 218 g/mol. The van der Waals surface area contributed by atoms with Gasteiger partial charge in [0.05, 0.1) is 5.56 Å². The van der Waals surface area contributed by atoms with Crippen molar-refractivity contribution in [1.82, 2.24) is 4.98 Å². The van der Waals surface area contributed by atoms with Crippen molar-refractivity contribution in [2.45, 2.75) is 19.6 Å². The van der Waals surface area contributed by atoms with Crippen LogP contribution in [-0.2, 0) is 0 Å². The summed E-state index contributed by atoms with van der Waals surface area (Å²) in [7, 11) is -1.39. The number of carbonyl (C=O) groups excluding carboxylic acids is 1. The summed E-state index contributed by atoms with van der Waals surface area (Å²) in [4.78, 5) is 14.8. The highest BCUT2D eigenvalue weighted by Gasteiger charge is 2.07. The minimum absolute atomic E-state index is 0.400. The van der Waals surface area contributed by atoms with Crippen LogP contribution in [0.25, 0.3) is 0 Å². The Labute approximate surface area is 90.7 Å². The number of nitrogens with zero attached hydrogens (tertiary/aromatic N) is 1. The van der Waals surface area contributed by atoms with Gasteiger partial charge in [-0.15, -0.1) is 5.54 Å². The van der Waals surface area contributed by atoms with E-state index in [2.05, 4.69) is 36.1 Å². The van der Waals surface area contributed by atoms with Crippen LogP contribution in [0, 0.1) is 11.5 Å². The Hall–Kier alpha value is -1.60. The zero-order chi connectivity index (χ0) is 11.5. The summed E-state index contributed by atoms with van der Waals surface area (Å²) >= 11 is 0. The summed E-state index contributed by atoms with van der Waals surface area (Å²) in [6.45, 7) is 6.47. The van der Waals surface area contributed by atoms with Crippen molar-refractivity contribution in [1.29, 1.82) is 0 Å². The van der Waals surface area contributed by atoms with E-state index in [0.717, 1.165) is 5.56 Å². The van der Waals surface area contributed by atoms with Gasteiger partial charge in [0.15, 0.2) is 0 Å². The minimum Gasteiger partial charge on any atom is -0.366 e. The van der Waals surface area contributed by atoms with Crippen LogP contribution >= 0.6 is 0 Å². The van der Waals surface area contributed by atoms with E-state index in [9.17, 15) is 4.79 Å². The lowest BCUT2D eigenvalue weighted by molar-refractivity contribution is 0.1000. The van der Waals surface area contributed by atoms with Crippen LogP contribution in [0.3, 0.4) is 0 Å². The lowest BCUT2D eigenvalue weighted by atomic mass is 10.2. The van der Waals surface area contributed by atoms with Crippen molar-refractivity contribution < 1.29 is 4.79 Å². The van der Waals surface area contributed by atoms with Crippen LogP contribution in [0.15, 0.2) is 18.5 Å². The van der Waals surface area contributed by atoms with E-state index < -0.39 is 14.0 Å². The van der Waals surface area contributed by atoms with Gasteiger partial charge in [-0.2, -0.15) is 0 Å². The molecule has 78 valence electrons. The smallest absolute Gasteiger partial charge is 0.250 e. The lowest BCUT2D eigenvalue weighted by Gasteiger charge is -2.03. The van der Waals surface area contributed by atoms with Gasteiger partial charge in [0.2, 0.25) is 5.91 Å². The van der Waals surface area contributed by atoms with Crippen LogP contribution in [0.4, 0.5) is 0 Å². The highest BCUT2D eigenvalue weighted by molar-refractivity contribution is 6.83. The Morgan fingerprint density at radius 1 is 1.40 bits per heavy atom. The fourth-order valence-electron chi connectivity index (χ4n) is 0.903. The van der Waals surface area contributed by atoms with Gasteiger partial charge in [-0.05, 0) is 6.07 Å². The van der Waals surface area contributed by atoms with Gasteiger partial charge >= 0.3 is 0 Å². The molecule has 1 aromatic heterocycles. The standard InChI is InChI=1S/C11H14N2OSi/c1-15(2,3)5-4-9-6-10(11(12)14)8-13-7-9/h6-8H,1-3H3,(H2,12,14). The zero-order valence-corrected chi connectivity index (χ0v) is 10.2. The van der Waals surface area contributed by atoms with Gasteiger partial charge in [-0.25, -0.2) is 0 Å². The van der Waals surface area contributed by atoms with Crippen molar-refractivity contribution in [2.24, 2.45) is 5.73 Å². The lowest BCUT2D eigenvalue weighted by Crippen LogP contribution is -2.16. The normalized spacial score (nSPS) is 10.3. The third-order valence-corrected chi connectivity index (χ3v) is 2.48. The molecular formula is C11H14N2OSi. The largest absolute Gasteiger partial charge is 0.366 e. The molecule has 0 atom stereocenters. The Balaban J connectivity index is 3.00. The Morgan fingerprint density at radius 2 is 2.07 bits per heavy atom. The molecule has 2 N–H and O–H groups in total. The summed E-state index contributed by atoms with van der Waals surface area (Å²) in [6, 6.07) is 1.67. The Morgan fingerprint density at radius 3 is 2.60 bits per heavy atom. The molecule has 0 unspecified atom stereocenters. The molecule has 1 amide bonds. The summed E-state index contributed by atoms with van der Waals surface area (Å²) in [5, 5.41) is 0. The zero-order valence-electron chi connectivity index (χ0n) is 9.16. The number of amides is 1. The first-order chi connectivity index (χ1) is 6.88. The highest BCUT2D eigenvalue weighted by Crippen LogP contribution is 2.02. The molecule has 0 radical (unpaired) electrons. The predicted octanol–water partition coefficient (Wildman–Crippen LogP) is 1.41. The number of hydrogen-bond acceptors (Lipinski definition) is 2. The van der Waals surface area contributed by atoms with Gasteiger partial charge in [0, 0.05) is 18.0 Å². The van der Waals surface area contributed by atoms with Crippen LogP contribution < -0.4 is 5.73 Å². The molecule has 0 aliphatic carbocycles. The summed E-state index contributed by atoms with van der Waals surface area (Å²) in [5.74, 6) is 2.55. The van der Waals surface area contributed by atoms with Crippen LogP contribution in [0.5, 0.6) is 0 Å². The molecule has 0 bridgehead atoms.